The van der Waals surface area contributed by atoms with Crippen LogP contribution in [-0.4, -0.2) is 78.9 Å². The van der Waals surface area contributed by atoms with Gasteiger partial charge >= 0.3 is 0 Å². The summed E-state index contributed by atoms with van der Waals surface area (Å²) in [6, 6.07) is 0. The first kappa shape index (κ1) is 25.7. The van der Waals surface area contributed by atoms with Gasteiger partial charge < -0.3 is 21.3 Å². The molecule has 0 aromatic carbocycles. The molecule has 0 aromatic heterocycles. The maximum atomic E-state index is 11.8. The number of hydrogen-bond acceptors (Lipinski definition) is 7. The molecule has 0 aromatic rings. The molecule has 1 aliphatic heterocycles. The molecule has 0 bridgehead atoms. The van der Waals surface area contributed by atoms with E-state index in [1.807, 2.05) is 0 Å². The smallest absolute Gasteiger partial charge is 0.239 e. The number of nitrogens with one attached hydrogen (secondary N) is 4. The maximum Gasteiger partial charge on any atom is 0.239 e. The molecule has 172 valence electrons. The lowest BCUT2D eigenvalue weighted by Gasteiger charge is -2.13. The third-order valence-corrected chi connectivity index (χ3v) is 4.39. The van der Waals surface area contributed by atoms with Crippen LogP contribution in [-0.2, 0) is 33.6 Å². The Labute approximate surface area is 179 Å². The Balaban J connectivity index is 2.11. The first-order valence-corrected chi connectivity index (χ1v) is 10.0. The molecule has 0 aliphatic carbocycles. The van der Waals surface area contributed by atoms with Crippen LogP contribution in [0.15, 0.2) is 0 Å². The molecule has 4 N–H and O–H groups in total. The Morgan fingerprint density at radius 2 is 1.35 bits per heavy atom. The van der Waals surface area contributed by atoms with E-state index in [-0.39, 0.29) is 81.9 Å². The quantitative estimate of drug-likeness (QED) is 0.232. The lowest BCUT2D eigenvalue weighted by molar-refractivity contribution is -0.139. The Morgan fingerprint density at radius 1 is 0.839 bits per heavy atom. The van der Waals surface area contributed by atoms with Gasteiger partial charge in [0.2, 0.25) is 35.4 Å². The number of ketones is 1. The molecule has 1 rings (SSSR count). The second-order valence-electron chi connectivity index (χ2n) is 7.22. The van der Waals surface area contributed by atoms with Crippen LogP contribution in [0.2, 0.25) is 0 Å². The summed E-state index contributed by atoms with van der Waals surface area (Å²) in [6.07, 6.45) is 0.713. The van der Waals surface area contributed by atoms with Crippen LogP contribution < -0.4 is 21.3 Å². The van der Waals surface area contributed by atoms with E-state index in [4.69, 9.17) is 0 Å². The lowest BCUT2D eigenvalue weighted by atomic mass is 10.1. The highest BCUT2D eigenvalue weighted by molar-refractivity contribution is 6.03. The van der Waals surface area contributed by atoms with Crippen molar-refractivity contribution in [3.05, 3.63) is 0 Å². The van der Waals surface area contributed by atoms with Crippen LogP contribution in [0, 0.1) is 5.92 Å². The topological polar surface area (TPSA) is 171 Å². The fourth-order valence-corrected chi connectivity index (χ4v) is 2.67. The van der Waals surface area contributed by atoms with Gasteiger partial charge in [-0.2, -0.15) is 0 Å². The van der Waals surface area contributed by atoms with Gasteiger partial charge in [0.1, 0.15) is 5.78 Å². The largest absolute Gasteiger partial charge is 0.354 e. The van der Waals surface area contributed by atoms with Crippen LogP contribution in [0.25, 0.3) is 0 Å². The molecule has 6 amide bonds. The minimum atomic E-state index is -0.590. The van der Waals surface area contributed by atoms with Crippen molar-refractivity contribution in [2.24, 2.45) is 5.92 Å². The van der Waals surface area contributed by atoms with E-state index >= 15 is 0 Å². The van der Waals surface area contributed by atoms with E-state index < -0.39 is 23.6 Å². The Hall–Kier alpha value is -3.31. The lowest BCUT2D eigenvalue weighted by Crippen LogP contribution is -2.44. The van der Waals surface area contributed by atoms with E-state index in [1.54, 1.807) is 6.92 Å². The van der Waals surface area contributed by atoms with E-state index in [0.29, 0.717) is 0 Å². The molecular weight excluding hydrogens is 410 g/mol. The molecule has 0 radical (unpaired) electrons. The van der Waals surface area contributed by atoms with Crippen LogP contribution in [0.1, 0.15) is 39.5 Å². The summed E-state index contributed by atoms with van der Waals surface area (Å²) in [6.45, 7) is 2.43. The van der Waals surface area contributed by atoms with Gasteiger partial charge in [-0.05, 0) is 13.3 Å². The standard InChI is InChI=1S/C19H29N5O7/c1-12-8-18(30)24(19(12)31)7-3-4-14(26)21-10-16(28)23-11-17(29)22-9-15(27)20-6-5-13(2)25/h12H,3-11H2,1-2H3,(H,20,27)(H,21,26)(H,22,29)(H,23,28). The zero-order valence-electron chi connectivity index (χ0n) is 17.7. The molecule has 1 fully saturated rings. The second kappa shape index (κ2) is 13.1. The fraction of sp³-hybridized carbons (Fsp3) is 0.632. The summed E-state index contributed by atoms with van der Waals surface area (Å²) in [5.74, 6) is -2.94. The second-order valence-corrected chi connectivity index (χ2v) is 7.22. The number of Topliss-reactive ketones (excluding diaryl/α,β-unsaturated/α-hetero) is 1. The summed E-state index contributed by atoms with van der Waals surface area (Å²) >= 11 is 0. The third-order valence-electron chi connectivity index (χ3n) is 4.39. The molecule has 0 saturated carbocycles. The van der Waals surface area contributed by atoms with Crippen LogP contribution in [0.4, 0.5) is 0 Å². The molecular formula is C19H29N5O7. The highest BCUT2D eigenvalue weighted by Gasteiger charge is 2.34. The Kier molecular flexibility index (Phi) is 10.9. The van der Waals surface area contributed by atoms with Crippen molar-refractivity contribution in [1.29, 1.82) is 0 Å². The van der Waals surface area contributed by atoms with Gasteiger partial charge in [0.15, 0.2) is 0 Å². The first-order chi connectivity index (χ1) is 14.6. The highest BCUT2D eigenvalue weighted by Crippen LogP contribution is 2.18. The zero-order valence-corrected chi connectivity index (χ0v) is 17.7. The number of rotatable bonds is 13. The van der Waals surface area contributed by atoms with Crippen molar-refractivity contribution in [2.75, 3.05) is 32.7 Å². The van der Waals surface area contributed by atoms with Crippen molar-refractivity contribution < 1.29 is 33.6 Å². The predicted molar refractivity (Wildman–Crippen MR) is 107 cm³/mol. The molecule has 1 saturated heterocycles. The third kappa shape index (κ3) is 10.3. The molecule has 1 aliphatic rings. The van der Waals surface area contributed by atoms with Crippen LogP contribution in [0.3, 0.4) is 0 Å². The summed E-state index contributed by atoms with van der Waals surface area (Å²) in [4.78, 5) is 81.8. The summed E-state index contributed by atoms with van der Waals surface area (Å²) in [5, 5.41) is 9.45. The monoisotopic (exact) mass is 439 g/mol. The highest BCUT2D eigenvalue weighted by atomic mass is 16.2. The minimum Gasteiger partial charge on any atom is -0.354 e. The number of carbonyl (C=O) groups excluding carboxylic acids is 7. The van der Waals surface area contributed by atoms with Gasteiger partial charge in [0, 0.05) is 38.3 Å². The minimum absolute atomic E-state index is 0.0396. The van der Waals surface area contributed by atoms with Crippen molar-refractivity contribution in [2.45, 2.75) is 39.5 Å². The van der Waals surface area contributed by atoms with E-state index in [1.165, 1.54) is 6.92 Å². The van der Waals surface area contributed by atoms with E-state index in [0.717, 1.165) is 4.90 Å². The molecule has 12 nitrogen and oxygen atoms in total. The number of carbonyl (C=O) groups is 7. The Morgan fingerprint density at radius 3 is 1.84 bits per heavy atom. The molecule has 1 atom stereocenters. The van der Waals surface area contributed by atoms with Gasteiger partial charge in [-0.1, -0.05) is 6.92 Å². The van der Waals surface area contributed by atoms with Gasteiger partial charge in [-0.3, -0.25) is 38.5 Å². The first-order valence-electron chi connectivity index (χ1n) is 10.0. The van der Waals surface area contributed by atoms with Crippen LogP contribution in [0.5, 0.6) is 0 Å². The van der Waals surface area contributed by atoms with Crippen molar-refractivity contribution in [3.63, 3.8) is 0 Å². The zero-order chi connectivity index (χ0) is 23.4. The average molecular weight is 439 g/mol. The van der Waals surface area contributed by atoms with Crippen molar-refractivity contribution in [1.82, 2.24) is 26.2 Å². The molecule has 0 spiro atoms. The summed E-state index contributed by atoms with van der Waals surface area (Å²) < 4.78 is 0. The van der Waals surface area contributed by atoms with Gasteiger partial charge in [-0.25, -0.2) is 0 Å². The number of hydrogen-bond donors (Lipinski definition) is 4. The maximum absolute atomic E-state index is 11.8. The number of likely N-dealkylation sites (tertiary alicyclic amines) is 1. The number of amides is 6. The van der Waals surface area contributed by atoms with Gasteiger partial charge in [-0.15, -0.1) is 0 Å². The molecule has 1 unspecified atom stereocenters. The molecule has 31 heavy (non-hydrogen) atoms. The number of nitrogens with zero attached hydrogens (tertiary/aromatic N) is 1. The van der Waals surface area contributed by atoms with Crippen LogP contribution >= 0.6 is 0 Å². The predicted octanol–water partition coefficient (Wildman–Crippen LogP) is -2.39. The summed E-state index contributed by atoms with van der Waals surface area (Å²) in [5.41, 5.74) is 0. The van der Waals surface area contributed by atoms with E-state index in [9.17, 15) is 33.6 Å². The number of imide groups is 1. The molecule has 1 heterocycles. The van der Waals surface area contributed by atoms with Crippen molar-refractivity contribution >= 4 is 41.2 Å². The molecule has 12 heteroatoms. The SMILES string of the molecule is CC(=O)CCNC(=O)CNC(=O)CNC(=O)CNC(=O)CCCN1C(=O)CC(C)C1=O. The average Bonchev–Trinajstić information content (AvgIpc) is 2.94. The summed E-state index contributed by atoms with van der Waals surface area (Å²) in [7, 11) is 0. The fourth-order valence-electron chi connectivity index (χ4n) is 2.67. The van der Waals surface area contributed by atoms with Crippen molar-refractivity contribution in [3.8, 4) is 0 Å². The van der Waals surface area contributed by atoms with Gasteiger partial charge in [0.25, 0.3) is 0 Å². The van der Waals surface area contributed by atoms with Gasteiger partial charge in [0.05, 0.1) is 19.6 Å². The van der Waals surface area contributed by atoms with E-state index in [2.05, 4.69) is 21.3 Å². The Bertz CT molecular complexity index is 737. The normalized spacial score (nSPS) is 15.4.